The van der Waals surface area contributed by atoms with Gasteiger partial charge in [-0.2, -0.15) is 0 Å². The van der Waals surface area contributed by atoms with Crippen LogP contribution in [-0.2, 0) is 41.6 Å². The third-order valence-electron chi connectivity index (χ3n) is 8.40. The molecule has 0 aromatic heterocycles. The molecule has 0 saturated heterocycles. The molecule has 0 bridgehead atoms. The summed E-state index contributed by atoms with van der Waals surface area (Å²) in [5.74, 6) is 0.152. The summed E-state index contributed by atoms with van der Waals surface area (Å²) < 4.78 is 5.26. The highest BCUT2D eigenvalue weighted by atomic mass is 16.5. The van der Waals surface area contributed by atoms with Crippen LogP contribution < -0.4 is 0 Å². The Morgan fingerprint density at radius 1 is 0.733 bits per heavy atom. The zero-order valence-electron chi connectivity index (χ0n) is 27.4. The molecule has 45 heavy (non-hydrogen) atoms. The minimum Gasteiger partial charge on any atom is -0.396 e. The van der Waals surface area contributed by atoms with Crippen LogP contribution in [0.2, 0.25) is 0 Å². The first-order valence-electron chi connectivity index (χ1n) is 16.2. The first kappa shape index (κ1) is 33.8. The van der Waals surface area contributed by atoms with Crippen molar-refractivity contribution < 1.29 is 14.6 Å². The Kier molecular flexibility index (Phi) is 12.7. The van der Waals surface area contributed by atoms with Crippen molar-refractivity contribution in [3.63, 3.8) is 0 Å². The van der Waals surface area contributed by atoms with Crippen LogP contribution in [0.25, 0.3) is 32.7 Å². The molecule has 0 heterocycles. The van der Waals surface area contributed by atoms with Gasteiger partial charge in [-0.05, 0) is 117 Å². The van der Waals surface area contributed by atoms with Gasteiger partial charge in [0.05, 0.1) is 6.61 Å². The van der Waals surface area contributed by atoms with E-state index in [1.807, 2.05) is 0 Å². The third kappa shape index (κ3) is 9.47. The van der Waals surface area contributed by atoms with Crippen LogP contribution in [0.4, 0.5) is 0 Å². The van der Waals surface area contributed by atoms with E-state index in [4.69, 9.17) is 4.74 Å². The number of carbonyl (C=O) groups is 1. The molecule has 5 aromatic rings. The predicted octanol–water partition coefficient (Wildman–Crippen LogP) is 9.52. The number of aliphatic hydroxyl groups is 1. The molecule has 1 atom stereocenters. The fourth-order valence-electron chi connectivity index (χ4n) is 5.95. The van der Waals surface area contributed by atoms with Gasteiger partial charge in [0.25, 0.3) is 0 Å². The van der Waals surface area contributed by atoms with Crippen LogP contribution >= 0.6 is 0 Å². The standard InChI is InChI=1S/C38H42O2.C4H6O/c1-4-6-27-8-13-35-23-37(17-15-33(35)20-27)38-18-16-34-21-28(9-14-36(34)24-38)7-11-32-12-10-29(22-31(32)5-2)19-30(25-39)26-40-3;1-4(2)3-5/h8-10,12-18,20-24,30,39H,4-7,11,19,25-26H2,1-3H3;3H,1H2,2H3. The van der Waals surface area contributed by atoms with Gasteiger partial charge < -0.3 is 9.84 Å². The molecule has 3 nitrogen and oxygen atoms in total. The zero-order valence-corrected chi connectivity index (χ0v) is 27.4. The quantitative estimate of drug-likeness (QED) is 0.108. The topological polar surface area (TPSA) is 46.5 Å². The molecule has 0 fully saturated rings. The second-order valence-electron chi connectivity index (χ2n) is 12.2. The summed E-state index contributed by atoms with van der Waals surface area (Å²) >= 11 is 0. The van der Waals surface area contributed by atoms with Crippen molar-refractivity contribution in [2.75, 3.05) is 20.3 Å². The SMILES string of the molecule is C=C(C)C=O.CCCc1ccc2cc(-c3ccc4cc(CCc5ccc(CC(CO)COC)cc5CC)ccc4c3)ccc2c1. The lowest BCUT2D eigenvalue weighted by Gasteiger charge is -2.15. The van der Waals surface area contributed by atoms with E-state index in [9.17, 15) is 9.90 Å². The van der Waals surface area contributed by atoms with Gasteiger partial charge in [-0.1, -0.05) is 106 Å². The number of hydrogen-bond donors (Lipinski definition) is 1. The number of allylic oxidation sites excluding steroid dienone is 1. The number of ether oxygens (including phenoxy) is 1. The first-order valence-corrected chi connectivity index (χ1v) is 16.2. The molecule has 0 saturated carbocycles. The molecular weight excluding hydrogens is 552 g/mol. The van der Waals surface area contributed by atoms with E-state index < -0.39 is 0 Å². The lowest BCUT2D eigenvalue weighted by Crippen LogP contribution is -2.16. The van der Waals surface area contributed by atoms with E-state index in [-0.39, 0.29) is 12.5 Å². The summed E-state index contributed by atoms with van der Waals surface area (Å²) in [7, 11) is 1.70. The van der Waals surface area contributed by atoms with Crippen molar-refractivity contribution >= 4 is 27.8 Å². The third-order valence-corrected chi connectivity index (χ3v) is 8.40. The number of methoxy groups -OCH3 is 1. The van der Waals surface area contributed by atoms with Gasteiger partial charge in [-0.15, -0.1) is 0 Å². The van der Waals surface area contributed by atoms with Crippen molar-refractivity contribution in [1.82, 2.24) is 0 Å². The Bertz CT molecular complexity index is 1730. The number of rotatable bonds is 13. The maximum atomic E-state index is 9.64. The lowest BCUT2D eigenvalue weighted by molar-refractivity contribution is -0.104. The first-order chi connectivity index (χ1) is 21.9. The molecule has 3 heteroatoms. The molecule has 1 unspecified atom stereocenters. The van der Waals surface area contributed by atoms with Crippen molar-refractivity contribution in [2.45, 2.75) is 59.3 Å². The van der Waals surface area contributed by atoms with E-state index in [0.717, 1.165) is 38.4 Å². The number of carbonyl (C=O) groups excluding carboxylic acids is 1. The smallest absolute Gasteiger partial charge is 0.145 e. The Balaban J connectivity index is 0.000000854. The number of aldehydes is 1. The normalized spacial score (nSPS) is 11.7. The van der Waals surface area contributed by atoms with Crippen LogP contribution in [0.1, 0.15) is 55.0 Å². The van der Waals surface area contributed by atoms with E-state index in [0.29, 0.717) is 12.2 Å². The highest BCUT2D eigenvalue weighted by molar-refractivity contribution is 5.91. The van der Waals surface area contributed by atoms with Crippen molar-refractivity contribution in [1.29, 1.82) is 0 Å². The zero-order chi connectivity index (χ0) is 32.2. The summed E-state index contributed by atoms with van der Waals surface area (Å²) in [6.07, 6.45) is 6.97. The van der Waals surface area contributed by atoms with Gasteiger partial charge in [0.2, 0.25) is 0 Å². The van der Waals surface area contributed by atoms with E-state index in [1.54, 1.807) is 14.0 Å². The van der Waals surface area contributed by atoms with Crippen molar-refractivity contribution in [3.05, 3.63) is 131 Å². The summed E-state index contributed by atoms with van der Waals surface area (Å²) in [6, 6.07) is 34.3. The molecule has 0 radical (unpaired) electrons. The van der Waals surface area contributed by atoms with Crippen molar-refractivity contribution in [2.24, 2.45) is 5.92 Å². The fraction of sp³-hybridized carbons (Fsp3) is 0.310. The Labute approximate surface area is 269 Å². The Hall–Kier alpha value is -4.05. The van der Waals surface area contributed by atoms with Crippen LogP contribution in [0.3, 0.4) is 0 Å². The highest BCUT2D eigenvalue weighted by Gasteiger charge is 2.11. The minimum atomic E-state index is 0.152. The number of aryl methyl sites for hydroxylation is 4. The van der Waals surface area contributed by atoms with E-state index in [1.165, 1.54) is 66.9 Å². The molecule has 0 aliphatic heterocycles. The van der Waals surface area contributed by atoms with Crippen LogP contribution in [0.15, 0.2) is 103 Å². The minimum absolute atomic E-state index is 0.152. The maximum absolute atomic E-state index is 9.64. The molecule has 1 N–H and O–H groups in total. The van der Waals surface area contributed by atoms with E-state index >= 15 is 0 Å². The fourth-order valence-corrected chi connectivity index (χ4v) is 5.95. The molecule has 5 aromatic carbocycles. The predicted molar refractivity (Wildman–Crippen MR) is 191 cm³/mol. The summed E-state index contributed by atoms with van der Waals surface area (Å²) in [4.78, 5) is 9.41. The maximum Gasteiger partial charge on any atom is 0.145 e. The van der Waals surface area contributed by atoms with Crippen LogP contribution in [0.5, 0.6) is 0 Å². The largest absolute Gasteiger partial charge is 0.396 e. The second kappa shape index (κ2) is 16.9. The molecule has 234 valence electrons. The van der Waals surface area contributed by atoms with Crippen LogP contribution in [-0.4, -0.2) is 31.7 Å². The summed E-state index contributed by atoms with van der Waals surface area (Å²) in [6.45, 7) is 10.2. The van der Waals surface area contributed by atoms with Gasteiger partial charge in [0, 0.05) is 19.6 Å². The summed E-state index contributed by atoms with van der Waals surface area (Å²) in [5.41, 5.74) is 10.0. The average Bonchev–Trinajstić information content (AvgIpc) is 3.07. The van der Waals surface area contributed by atoms with Crippen molar-refractivity contribution in [3.8, 4) is 11.1 Å². The number of benzene rings is 5. The van der Waals surface area contributed by atoms with Crippen LogP contribution in [0, 0.1) is 5.92 Å². The average molecular weight is 601 g/mol. The van der Waals surface area contributed by atoms with Gasteiger partial charge in [0.15, 0.2) is 0 Å². The van der Waals surface area contributed by atoms with Gasteiger partial charge in [0.1, 0.15) is 6.29 Å². The second-order valence-corrected chi connectivity index (χ2v) is 12.2. The van der Waals surface area contributed by atoms with E-state index in [2.05, 4.69) is 111 Å². The molecule has 0 spiro atoms. The molecule has 5 rings (SSSR count). The number of aliphatic hydroxyl groups excluding tert-OH is 1. The number of hydrogen-bond acceptors (Lipinski definition) is 3. The molecule has 0 aliphatic carbocycles. The Morgan fingerprint density at radius 3 is 1.78 bits per heavy atom. The number of fused-ring (bicyclic) bond motifs is 2. The highest BCUT2D eigenvalue weighted by Crippen LogP contribution is 2.29. The van der Waals surface area contributed by atoms with Gasteiger partial charge in [-0.3, -0.25) is 4.79 Å². The Morgan fingerprint density at radius 2 is 1.27 bits per heavy atom. The molecule has 0 aliphatic rings. The van der Waals surface area contributed by atoms with Gasteiger partial charge in [-0.25, -0.2) is 0 Å². The monoisotopic (exact) mass is 600 g/mol. The summed E-state index contributed by atoms with van der Waals surface area (Å²) in [5, 5.41) is 14.8. The van der Waals surface area contributed by atoms with Gasteiger partial charge >= 0.3 is 0 Å². The molecule has 0 amide bonds. The molecular formula is C42H48O3. The lowest BCUT2D eigenvalue weighted by atomic mass is 9.92.